The maximum absolute atomic E-state index is 13.0. The molecule has 0 saturated heterocycles. The highest BCUT2D eigenvalue weighted by molar-refractivity contribution is 7.98. The van der Waals surface area contributed by atoms with Crippen LogP contribution in [0.3, 0.4) is 0 Å². The van der Waals surface area contributed by atoms with E-state index >= 15 is 0 Å². The Hall–Kier alpha value is -2.91. The number of carbonyl (C=O) groups excluding carboxylic acids is 1. The summed E-state index contributed by atoms with van der Waals surface area (Å²) in [6.45, 7) is 4.78. The van der Waals surface area contributed by atoms with Crippen LogP contribution in [0.5, 0.6) is 0 Å². The molecular weight excluding hydrogens is 404 g/mol. The number of aromatic nitrogens is 5. The number of nitrogens with one attached hydrogen (secondary N) is 1. The molecule has 0 bridgehead atoms. The van der Waals surface area contributed by atoms with Gasteiger partial charge in [0.05, 0.1) is 17.8 Å². The average Bonchev–Trinajstić information content (AvgIpc) is 3.45. The van der Waals surface area contributed by atoms with Gasteiger partial charge in [-0.05, 0) is 66.2 Å². The molecule has 0 unspecified atom stereocenters. The molecular formula is C20H20N6OS2. The molecule has 7 nitrogen and oxygen atoms in total. The molecule has 3 heterocycles. The van der Waals surface area contributed by atoms with E-state index in [1.54, 1.807) is 16.0 Å². The van der Waals surface area contributed by atoms with Gasteiger partial charge in [0, 0.05) is 22.0 Å². The number of rotatable bonds is 6. The van der Waals surface area contributed by atoms with Gasteiger partial charge >= 0.3 is 0 Å². The van der Waals surface area contributed by atoms with E-state index in [0.29, 0.717) is 16.4 Å². The highest BCUT2D eigenvalue weighted by Crippen LogP contribution is 2.22. The van der Waals surface area contributed by atoms with Crippen LogP contribution in [0.15, 0.2) is 53.0 Å². The van der Waals surface area contributed by atoms with Gasteiger partial charge in [-0.25, -0.2) is 0 Å². The Bertz CT molecular complexity index is 1150. The summed E-state index contributed by atoms with van der Waals surface area (Å²) in [5.74, 6) is -0.130. The first-order valence-electron chi connectivity index (χ1n) is 9.00. The standard InChI is InChI=1S/C20H20N6OS2/c1-13-10-18(14(2)25(13)12-17-8-5-9-29-17)19(27)21-15-6-4-7-16(11-15)26-20(28-3)22-23-24-26/h4-11H,12H2,1-3H3,(H,21,27). The number of amides is 1. The Labute approximate surface area is 176 Å². The lowest BCUT2D eigenvalue weighted by Crippen LogP contribution is -2.14. The smallest absolute Gasteiger partial charge is 0.257 e. The predicted molar refractivity (Wildman–Crippen MR) is 116 cm³/mol. The molecule has 1 N–H and O–H groups in total. The molecule has 9 heteroatoms. The van der Waals surface area contributed by atoms with E-state index in [0.717, 1.165) is 23.6 Å². The third kappa shape index (κ3) is 3.96. The van der Waals surface area contributed by atoms with Crippen molar-refractivity contribution in [1.82, 2.24) is 24.8 Å². The number of aryl methyl sites for hydroxylation is 1. The summed E-state index contributed by atoms with van der Waals surface area (Å²) in [6, 6.07) is 13.6. The molecule has 4 aromatic rings. The normalized spacial score (nSPS) is 11.0. The number of tetrazole rings is 1. The number of anilines is 1. The second-order valence-electron chi connectivity index (χ2n) is 6.53. The highest BCUT2D eigenvalue weighted by Gasteiger charge is 2.17. The molecule has 0 saturated carbocycles. The summed E-state index contributed by atoms with van der Waals surface area (Å²) >= 11 is 3.18. The number of thiophene rings is 1. The summed E-state index contributed by atoms with van der Waals surface area (Å²) in [5.41, 5.74) is 4.18. The van der Waals surface area contributed by atoms with Gasteiger partial charge in [0.15, 0.2) is 0 Å². The lowest BCUT2D eigenvalue weighted by atomic mass is 10.2. The van der Waals surface area contributed by atoms with Crippen LogP contribution >= 0.6 is 23.1 Å². The summed E-state index contributed by atoms with van der Waals surface area (Å²) in [7, 11) is 0. The van der Waals surface area contributed by atoms with Crippen LogP contribution in [0.25, 0.3) is 5.69 Å². The maximum Gasteiger partial charge on any atom is 0.257 e. The Kier molecular flexibility index (Phi) is 5.50. The Balaban J connectivity index is 1.57. The zero-order chi connectivity index (χ0) is 20.4. The number of nitrogens with zero attached hydrogens (tertiary/aromatic N) is 5. The van der Waals surface area contributed by atoms with Crippen molar-refractivity contribution in [2.45, 2.75) is 25.5 Å². The summed E-state index contributed by atoms with van der Waals surface area (Å²) in [6.07, 6.45) is 1.92. The van der Waals surface area contributed by atoms with Crippen LogP contribution in [-0.2, 0) is 6.54 Å². The van der Waals surface area contributed by atoms with Crippen LogP contribution in [0, 0.1) is 13.8 Å². The topological polar surface area (TPSA) is 77.6 Å². The van der Waals surface area contributed by atoms with E-state index in [1.807, 2.05) is 56.5 Å². The van der Waals surface area contributed by atoms with Crippen LogP contribution in [-0.4, -0.2) is 36.9 Å². The van der Waals surface area contributed by atoms with Crippen molar-refractivity contribution in [2.24, 2.45) is 0 Å². The summed E-state index contributed by atoms with van der Waals surface area (Å²) in [4.78, 5) is 14.2. The van der Waals surface area contributed by atoms with Crippen molar-refractivity contribution < 1.29 is 4.79 Å². The van der Waals surface area contributed by atoms with Gasteiger partial charge in [-0.1, -0.05) is 23.9 Å². The Morgan fingerprint density at radius 2 is 2.07 bits per heavy atom. The lowest BCUT2D eigenvalue weighted by molar-refractivity contribution is 0.102. The van der Waals surface area contributed by atoms with Gasteiger partial charge in [-0.3, -0.25) is 4.79 Å². The van der Waals surface area contributed by atoms with E-state index in [1.165, 1.54) is 16.6 Å². The van der Waals surface area contributed by atoms with Crippen molar-refractivity contribution in [3.05, 3.63) is 69.7 Å². The van der Waals surface area contributed by atoms with Crippen molar-refractivity contribution in [3.63, 3.8) is 0 Å². The summed E-state index contributed by atoms with van der Waals surface area (Å²) in [5, 5.41) is 17.5. The lowest BCUT2D eigenvalue weighted by Gasteiger charge is -2.10. The van der Waals surface area contributed by atoms with Gasteiger partial charge in [-0.15, -0.1) is 16.4 Å². The number of hydrogen-bond donors (Lipinski definition) is 1. The SMILES string of the molecule is CSc1nnnn1-c1cccc(NC(=O)c2cc(C)n(Cc3cccs3)c2C)c1. The minimum atomic E-state index is -0.130. The molecule has 0 radical (unpaired) electrons. The number of benzene rings is 1. The fourth-order valence-corrected chi connectivity index (χ4v) is 4.34. The van der Waals surface area contributed by atoms with Gasteiger partial charge in [0.2, 0.25) is 5.16 Å². The first-order chi connectivity index (χ1) is 14.1. The summed E-state index contributed by atoms with van der Waals surface area (Å²) < 4.78 is 3.82. The third-order valence-electron chi connectivity index (χ3n) is 4.68. The molecule has 1 amide bonds. The molecule has 3 aromatic heterocycles. The van der Waals surface area contributed by atoms with Crippen molar-refractivity contribution >= 4 is 34.7 Å². The zero-order valence-corrected chi connectivity index (χ0v) is 17.9. The molecule has 1 aromatic carbocycles. The molecule has 0 fully saturated rings. The number of hydrogen-bond acceptors (Lipinski definition) is 6. The first-order valence-corrected chi connectivity index (χ1v) is 11.1. The second kappa shape index (κ2) is 8.22. The van der Waals surface area contributed by atoms with Gasteiger partial charge in [0.1, 0.15) is 0 Å². The largest absolute Gasteiger partial charge is 0.343 e. The van der Waals surface area contributed by atoms with Crippen molar-refractivity contribution in [2.75, 3.05) is 11.6 Å². The third-order valence-corrected chi connectivity index (χ3v) is 6.17. The quantitative estimate of drug-likeness (QED) is 0.470. The monoisotopic (exact) mass is 424 g/mol. The van der Waals surface area contributed by atoms with E-state index in [-0.39, 0.29) is 5.91 Å². The van der Waals surface area contributed by atoms with Gasteiger partial charge in [-0.2, -0.15) is 4.68 Å². The average molecular weight is 425 g/mol. The van der Waals surface area contributed by atoms with Gasteiger partial charge in [0.25, 0.3) is 5.91 Å². The van der Waals surface area contributed by atoms with E-state index in [4.69, 9.17) is 0 Å². The number of thioether (sulfide) groups is 1. The van der Waals surface area contributed by atoms with E-state index in [2.05, 4.69) is 36.9 Å². The minimum absolute atomic E-state index is 0.130. The molecule has 0 aliphatic carbocycles. The van der Waals surface area contributed by atoms with Gasteiger partial charge < -0.3 is 9.88 Å². The predicted octanol–water partition coefficient (Wildman–Crippen LogP) is 4.16. The van der Waals surface area contributed by atoms with Crippen LogP contribution in [0.2, 0.25) is 0 Å². The minimum Gasteiger partial charge on any atom is -0.343 e. The van der Waals surface area contributed by atoms with E-state index in [9.17, 15) is 4.79 Å². The molecule has 4 rings (SSSR count). The molecule has 0 atom stereocenters. The Morgan fingerprint density at radius 1 is 1.21 bits per heavy atom. The van der Waals surface area contributed by atoms with Crippen molar-refractivity contribution in [3.8, 4) is 5.69 Å². The molecule has 148 valence electrons. The zero-order valence-electron chi connectivity index (χ0n) is 16.3. The number of carbonyl (C=O) groups is 1. The second-order valence-corrected chi connectivity index (χ2v) is 8.34. The Morgan fingerprint density at radius 3 is 2.83 bits per heavy atom. The van der Waals surface area contributed by atoms with Crippen LogP contribution < -0.4 is 5.32 Å². The molecule has 0 aliphatic heterocycles. The maximum atomic E-state index is 13.0. The van der Waals surface area contributed by atoms with E-state index < -0.39 is 0 Å². The first kappa shape index (κ1) is 19.4. The molecule has 0 aliphatic rings. The molecule has 0 spiro atoms. The molecule has 29 heavy (non-hydrogen) atoms. The fraction of sp³-hybridized carbons (Fsp3) is 0.200. The fourth-order valence-electron chi connectivity index (χ4n) is 3.21. The highest BCUT2D eigenvalue weighted by atomic mass is 32.2. The van der Waals surface area contributed by atoms with Crippen LogP contribution in [0.1, 0.15) is 26.6 Å². The van der Waals surface area contributed by atoms with Crippen LogP contribution in [0.4, 0.5) is 5.69 Å². The van der Waals surface area contributed by atoms with Crippen molar-refractivity contribution in [1.29, 1.82) is 0 Å².